The number of hydrogen-bond acceptors (Lipinski definition) is 4. The van der Waals surface area contributed by atoms with E-state index in [4.69, 9.17) is 15.0 Å². The maximum atomic E-state index is 5.54. The van der Waals surface area contributed by atoms with Crippen molar-refractivity contribution in [1.29, 1.82) is 0 Å². The first-order valence-corrected chi connectivity index (χ1v) is 5.99. The summed E-state index contributed by atoms with van der Waals surface area (Å²) in [6.45, 7) is 4.67. The van der Waals surface area contributed by atoms with Gasteiger partial charge in [-0.1, -0.05) is 25.1 Å². The molecular formula is C14H18N2O2. The normalized spacial score (nSPS) is 10.9. The molecule has 0 aliphatic rings. The second-order valence-electron chi connectivity index (χ2n) is 4.50. The Bertz CT molecular complexity index is 532. The summed E-state index contributed by atoms with van der Waals surface area (Å²) in [5.74, 6) is 1.92. The van der Waals surface area contributed by atoms with E-state index in [9.17, 15) is 0 Å². The summed E-state index contributed by atoms with van der Waals surface area (Å²) in [6, 6.07) is 7.94. The van der Waals surface area contributed by atoms with Gasteiger partial charge >= 0.3 is 0 Å². The summed E-state index contributed by atoms with van der Waals surface area (Å²) in [6.07, 6.45) is 0. The molecule has 1 aromatic heterocycles. The van der Waals surface area contributed by atoms with Crippen LogP contribution in [0.5, 0.6) is 5.75 Å². The van der Waals surface area contributed by atoms with Crippen LogP contribution in [0.15, 0.2) is 28.8 Å². The van der Waals surface area contributed by atoms with E-state index in [0.717, 1.165) is 17.0 Å². The van der Waals surface area contributed by atoms with E-state index in [0.29, 0.717) is 18.2 Å². The maximum absolute atomic E-state index is 5.54. The molecule has 1 heterocycles. The molecule has 0 saturated carbocycles. The quantitative estimate of drug-likeness (QED) is 0.901. The van der Waals surface area contributed by atoms with Gasteiger partial charge < -0.3 is 15.0 Å². The number of rotatable bonds is 4. The van der Waals surface area contributed by atoms with E-state index in [1.165, 1.54) is 5.56 Å². The van der Waals surface area contributed by atoms with Crippen molar-refractivity contribution in [2.45, 2.75) is 26.3 Å². The van der Waals surface area contributed by atoms with Crippen LogP contribution in [-0.2, 0) is 6.54 Å². The lowest BCUT2D eigenvalue weighted by Crippen LogP contribution is -1.95. The zero-order chi connectivity index (χ0) is 13.1. The molecule has 1 aromatic carbocycles. The summed E-state index contributed by atoms with van der Waals surface area (Å²) < 4.78 is 10.7. The third-order valence-corrected chi connectivity index (χ3v) is 2.92. The second-order valence-corrected chi connectivity index (χ2v) is 4.50. The molecule has 0 aliphatic heterocycles. The molecule has 4 heteroatoms. The Balaban J connectivity index is 2.49. The van der Waals surface area contributed by atoms with E-state index in [-0.39, 0.29) is 0 Å². The van der Waals surface area contributed by atoms with Gasteiger partial charge in [-0.3, -0.25) is 0 Å². The van der Waals surface area contributed by atoms with Crippen molar-refractivity contribution in [3.05, 3.63) is 35.5 Å². The smallest absolute Gasteiger partial charge is 0.170 e. The highest BCUT2D eigenvalue weighted by Crippen LogP contribution is 2.33. The van der Waals surface area contributed by atoms with Crippen molar-refractivity contribution >= 4 is 0 Å². The fourth-order valence-corrected chi connectivity index (χ4v) is 1.81. The topological polar surface area (TPSA) is 61.3 Å². The van der Waals surface area contributed by atoms with Crippen molar-refractivity contribution in [3.8, 4) is 17.1 Å². The molecule has 2 N–H and O–H groups in total. The summed E-state index contributed by atoms with van der Waals surface area (Å²) in [4.78, 5) is 0. The van der Waals surface area contributed by atoms with Crippen LogP contribution in [0.25, 0.3) is 11.3 Å². The van der Waals surface area contributed by atoms with E-state index in [2.05, 4.69) is 31.1 Å². The van der Waals surface area contributed by atoms with Crippen molar-refractivity contribution in [2.24, 2.45) is 5.73 Å². The van der Waals surface area contributed by atoms with Gasteiger partial charge in [0.15, 0.2) is 5.76 Å². The molecule has 18 heavy (non-hydrogen) atoms. The molecule has 2 rings (SSSR count). The van der Waals surface area contributed by atoms with Crippen LogP contribution >= 0.6 is 0 Å². The van der Waals surface area contributed by atoms with Crippen LogP contribution in [0.4, 0.5) is 0 Å². The van der Waals surface area contributed by atoms with Crippen LogP contribution < -0.4 is 10.5 Å². The zero-order valence-corrected chi connectivity index (χ0v) is 10.9. The van der Waals surface area contributed by atoms with Crippen molar-refractivity contribution < 1.29 is 9.26 Å². The number of benzene rings is 1. The first-order chi connectivity index (χ1) is 8.65. The molecule has 0 fully saturated rings. The minimum atomic E-state index is 0.371. The van der Waals surface area contributed by atoms with Gasteiger partial charge in [-0.2, -0.15) is 0 Å². The van der Waals surface area contributed by atoms with Crippen LogP contribution in [0.2, 0.25) is 0 Å². The molecule has 0 saturated heterocycles. The summed E-state index contributed by atoms with van der Waals surface area (Å²) in [7, 11) is 1.65. The van der Waals surface area contributed by atoms with Crippen molar-refractivity contribution in [1.82, 2.24) is 5.16 Å². The Morgan fingerprint density at radius 2 is 2.11 bits per heavy atom. The highest BCUT2D eigenvalue weighted by Gasteiger charge is 2.13. The highest BCUT2D eigenvalue weighted by atomic mass is 16.5. The minimum Gasteiger partial charge on any atom is -0.496 e. The average molecular weight is 246 g/mol. The van der Waals surface area contributed by atoms with Gasteiger partial charge in [-0.25, -0.2) is 0 Å². The minimum absolute atomic E-state index is 0.371. The Hall–Kier alpha value is -1.81. The molecule has 96 valence electrons. The molecule has 0 radical (unpaired) electrons. The molecule has 0 atom stereocenters. The third kappa shape index (κ3) is 2.38. The molecule has 4 nitrogen and oxygen atoms in total. The number of nitrogens with zero attached hydrogens (tertiary/aromatic N) is 1. The molecule has 0 bridgehead atoms. The number of methoxy groups -OCH3 is 1. The van der Waals surface area contributed by atoms with Gasteiger partial charge in [0, 0.05) is 12.6 Å². The lowest BCUT2D eigenvalue weighted by Gasteiger charge is -2.10. The largest absolute Gasteiger partial charge is 0.496 e. The molecule has 0 aliphatic carbocycles. The number of aromatic nitrogens is 1. The van der Waals surface area contributed by atoms with Gasteiger partial charge in [-0.05, 0) is 23.6 Å². The van der Waals surface area contributed by atoms with Gasteiger partial charge in [-0.15, -0.1) is 0 Å². The summed E-state index contributed by atoms with van der Waals surface area (Å²) >= 11 is 0. The van der Waals surface area contributed by atoms with E-state index in [1.54, 1.807) is 7.11 Å². The highest BCUT2D eigenvalue weighted by molar-refractivity contribution is 5.67. The Morgan fingerprint density at radius 1 is 1.33 bits per heavy atom. The molecule has 0 spiro atoms. The predicted octanol–water partition coefficient (Wildman–Crippen LogP) is 2.93. The lowest BCUT2D eigenvalue weighted by atomic mass is 9.99. The van der Waals surface area contributed by atoms with Gasteiger partial charge in [0.2, 0.25) is 0 Å². The van der Waals surface area contributed by atoms with Crippen LogP contribution in [0.3, 0.4) is 0 Å². The molecule has 0 amide bonds. The third-order valence-electron chi connectivity index (χ3n) is 2.92. The Morgan fingerprint density at radius 3 is 2.67 bits per heavy atom. The van der Waals surface area contributed by atoms with Crippen molar-refractivity contribution in [2.75, 3.05) is 7.11 Å². The summed E-state index contributed by atoms with van der Waals surface area (Å²) in [5.41, 5.74) is 8.42. The van der Waals surface area contributed by atoms with Crippen LogP contribution in [0.1, 0.15) is 31.0 Å². The number of hydrogen-bond donors (Lipinski definition) is 1. The molecular weight excluding hydrogens is 228 g/mol. The van der Waals surface area contributed by atoms with Crippen LogP contribution in [0, 0.1) is 0 Å². The van der Waals surface area contributed by atoms with Gasteiger partial charge in [0.1, 0.15) is 5.75 Å². The fraction of sp³-hybridized carbons (Fsp3) is 0.357. The molecule has 2 aromatic rings. The van der Waals surface area contributed by atoms with Crippen molar-refractivity contribution in [3.63, 3.8) is 0 Å². The average Bonchev–Trinajstić information content (AvgIpc) is 2.86. The first kappa shape index (κ1) is 12.6. The van der Waals surface area contributed by atoms with Gasteiger partial charge in [0.25, 0.3) is 0 Å². The monoisotopic (exact) mass is 246 g/mol. The van der Waals surface area contributed by atoms with E-state index >= 15 is 0 Å². The number of nitrogens with two attached hydrogens (primary N) is 1. The standard InChI is InChI=1S/C14H18N2O2/c1-9(2)10-4-5-13(17-3)12(6-10)14-7-11(8-15)16-18-14/h4-7,9H,8,15H2,1-3H3. The lowest BCUT2D eigenvalue weighted by molar-refractivity contribution is 0.403. The van der Waals surface area contributed by atoms with Gasteiger partial charge in [0.05, 0.1) is 18.4 Å². The predicted molar refractivity (Wildman–Crippen MR) is 70.5 cm³/mol. The second kappa shape index (κ2) is 5.23. The maximum Gasteiger partial charge on any atom is 0.170 e. The SMILES string of the molecule is COc1ccc(C(C)C)cc1-c1cc(CN)no1. The molecule has 0 unspecified atom stereocenters. The Labute approximate surface area is 107 Å². The number of ether oxygens (including phenoxy) is 1. The first-order valence-electron chi connectivity index (χ1n) is 5.99. The summed E-state index contributed by atoms with van der Waals surface area (Å²) in [5, 5.41) is 3.91. The fourth-order valence-electron chi connectivity index (χ4n) is 1.81. The van der Waals surface area contributed by atoms with E-state index < -0.39 is 0 Å². The van der Waals surface area contributed by atoms with Crippen LogP contribution in [-0.4, -0.2) is 12.3 Å². The van der Waals surface area contributed by atoms with E-state index in [1.807, 2.05) is 12.1 Å². The zero-order valence-electron chi connectivity index (χ0n) is 10.9. The Kier molecular flexibility index (Phi) is 3.67.